The van der Waals surface area contributed by atoms with Crippen molar-refractivity contribution in [3.05, 3.63) is 59.7 Å². The minimum Gasteiger partial charge on any atom is -0.355 e. The van der Waals surface area contributed by atoms with Gasteiger partial charge in [0.2, 0.25) is 0 Å². The second-order valence-electron chi connectivity index (χ2n) is 4.91. The van der Waals surface area contributed by atoms with Crippen molar-refractivity contribution in [1.82, 2.24) is 5.32 Å². The first-order chi connectivity index (χ1) is 10.4. The topological polar surface area (TPSA) is 66.5 Å². The third kappa shape index (κ3) is 3.12. The highest BCUT2D eigenvalue weighted by molar-refractivity contribution is 7.92. The van der Waals surface area contributed by atoms with Crippen LogP contribution in [0, 0.1) is 6.92 Å². The number of benzene rings is 2. The summed E-state index contributed by atoms with van der Waals surface area (Å²) in [6.45, 7) is 1.90. The van der Waals surface area contributed by atoms with Crippen molar-refractivity contribution >= 4 is 21.6 Å². The van der Waals surface area contributed by atoms with Crippen molar-refractivity contribution in [2.45, 2.75) is 11.8 Å². The van der Waals surface area contributed by atoms with Crippen molar-refractivity contribution in [3.63, 3.8) is 0 Å². The van der Waals surface area contributed by atoms with E-state index in [-0.39, 0.29) is 10.8 Å². The Hall–Kier alpha value is -2.34. The number of rotatable bonds is 4. The smallest absolute Gasteiger partial charge is 0.264 e. The fraction of sp³-hybridized carbons (Fsp3) is 0.188. The predicted molar refractivity (Wildman–Crippen MR) is 86.6 cm³/mol. The van der Waals surface area contributed by atoms with Crippen LogP contribution in [0.5, 0.6) is 0 Å². The molecule has 0 spiro atoms. The molecule has 0 radical (unpaired) electrons. The Morgan fingerprint density at radius 2 is 1.55 bits per heavy atom. The van der Waals surface area contributed by atoms with Crippen LogP contribution in [-0.4, -0.2) is 28.4 Å². The van der Waals surface area contributed by atoms with Gasteiger partial charge in [0.1, 0.15) is 0 Å². The van der Waals surface area contributed by atoms with Crippen molar-refractivity contribution in [2.75, 3.05) is 18.4 Å². The number of carbonyl (C=O) groups is 1. The Bertz CT molecular complexity index is 766. The monoisotopic (exact) mass is 318 g/mol. The molecule has 0 aliphatic carbocycles. The summed E-state index contributed by atoms with van der Waals surface area (Å²) in [5, 5.41) is 2.52. The summed E-state index contributed by atoms with van der Waals surface area (Å²) in [7, 11) is -0.579. The Balaban J connectivity index is 2.32. The molecule has 6 heteroatoms. The van der Waals surface area contributed by atoms with Crippen LogP contribution >= 0.6 is 0 Å². The fourth-order valence-corrected chi connectivity index (χ4v) is 3.17. The van der Waals surface area contributed by atoms with Crippen LogP contribution in [0.15, 0.2) is 53.4 Å². The van der Waals surface area contributed by atoms with E-state index in [0.29, 0.717) is 11.3 Å². The molecule has 0 saturated carbocycles. The summed E-state index contributed by atoms with van der Waals surface area (Å²) in [5.41, 5.74) is 1.97. The van der Waals surface area contributed by atoms with Gasteiger partial charge in [-0.25, -0.2) is 8.42 Å². The lowest BCUT2D eigenvalue weighted by Crippen LogP contribution is -2.26. The molecule has 0 aromatic heterocycles. The molecular formula is C16H18N2O3S. The molecule has 0 aliphatic rings. The second-order valence-corrected chi connectivity index (χ2v) is 6.88. The molecular weight excluding hydrogens is 300 g/mol. The number of nitrogens with one attached hydrogen (secondary N) is 1. The van der Waals surface area contributed by atoms with Crippen molar-refractivity contribution < 1.29 is 13.2 Å². The molecule has 0 fully saturated rings. The largest absolute Gasteiger partial charge is 0.355 e. The van der Waals surface area contributed by atoms with Crippen molar-refractivity contribution in [2.24, 2.45) is 0 Å². The Morgan fingerprint density at radius 1 is 1.00 bits per heavy atom. The standard InChI is InChI=1S/C16H18N2O3S/c1-12-4-10-15(11-5-12)22(20,21)18(3)14-8-6-13(7-9-14)16(19)17-2/h4-11H,1-3H3,(H,17,19). The van der Waals surface area contributed by atoms with Crippen LogP contribution < -0.4 is 9.62 Å². The van der Waals surface area contributed by atoms with Gasteiger partial charge in [-0.1, -0.05) is 17.7 Å². The minimum atomic E-state index is -3.61. The summed E-state index contributed by atoms with van der Waals surface area (Å²) >= 11 is 0. The lowest BCUT2D eigenvalue weighted by atomic mass is 10.2. The van der Waals surface area contributed by atoms with E-state index in [1.54, 1.807) is 55.6 Å². The van der Waals surface area contributed by atoms with E-state index in [9.17, 15) is 13.2 Å². The van der Waals surface area contributed by atoms with Gasteiger partial charge in [0.05, 0.1) is 10.6 Å². The molecule has 2 aromatic carbocycles. The van der Waals surface area contributed by atoms with Gasteiger partial charge in [-0.15, -0.1) is 0 Å². The molecule has 0 unspecified atom stereocenters. The van der Waals surface area contributed by atoms with Crippen LogP contribution in [-0.2, 0) is 10.0 Å². The third-order valence-corrected chi connectivity index (χ3v) is 5.20. The van der Waals surface area contributed by atoms with Gasteiger partial charge in [0.15, 0.2) is 0 Å². The van der Waals surface area contributed by atoms with E-state index in [1.807, 2.05) is 6.92 Å². The maximum absolute atomic E-state index is 12.6. The van der Waals surface area contributed by atoms with Gasteiger partial charge < -0.3 is 5.32 Å². The van der Waals surface area contributed by atoms with Gasteiger partial charge in [-0.3, -0.25) is 9.10 Å². The normalized spacial score (nSPS) is 11.0. The van der Waals surface area contributed by atoms with E-state index in [4.69, 9.17) is 0 Å². The van der Waals surface area contributed by atoms with Crippen LogP contribution in [0.1, 0.15) is 15.9 Å². The quantitative estimate of drug-likeness (QED) is 0.939. The zero-order valence-corrected chi connectivity index (χ0v) is 13.5. The number of hydrogen-bond acceptors (Lipinski definition) is 3. The van der Waals surface area contributed by atoms with E-state index in [1.165, 1.54) is 11.4 Å². The molecule has 0 heterocycles. The molecule has 0 aliphatic heterocycles. The molecule has 0 saturated heterocycles. The average molecular weight is 318 g/mol. The Kier molecular flexibility index (Phi) is 4.51. The van der Waals surface area contributed by atoms with Crippen LogP contribution in [0.3, 0.4) is 0 Å². The molecule has 1 amide bonds. The molecule has 1 N–H and O–H groups in total. The number of sulfonamides is 1. The molecule has 22 heavy (non-hydrogen) atoms. The number of aryl methyl sites for hydroxylation is 1. The number of hydrogen-bond donors (Lipinski definition) is 1. The molecule has 0 atom stereocenters. The first kappa shape index (κ1) is 16.0. The number of nitrogens with zero attached hydrogens (tertiary/aromatic N) is 1. The van der Waals surface area contributed by atoms with Crippen LogP contribution in [0.4, 0.5) is 5.69 Å². The van der Waals surface area contributed by atoms with Crippen LogP contribution in [0.2, 0.25) is 0 Å². The van der Waals surface area contributed by atoms with Crippen molar-refractivity contribution in [1.29, 1.82) is 0 Å². The summed E-state index contributed by atoms with van der Waals surface area (Å²) in [5.74, 6) is -0.212. The first-order valence-electron chi connectivity index (χ1n) is 6.74. The van der Waals surface area contributed by atoms with Crippen molar-refractivity contribution in [3.8, 4) is 0 Å². The minimum absolute atomic E-state index is 0.212. The highest BCUT2D eigenvalue weighted by Gasteiger charge is 2.21. The van der Waals surface area contributed by atoms with E-state index in [0.717, 1.165) is 5.56 Å². The van der Waals surface area contributed by atoms with Gasteiger partial charge in [-0.2, -0.15) is 0 Å². The second kappa shape index (κ2) is 6.19. The molecule has 5 nitrogen and oxygen atoms in total. The maximum atomic E-state index is 12.6. The average Bonchev–Trinajstić information content (AvgIpc) is 2.54. The maximum Gasteiger partial charge on any atom is 0.264 e. The van der Waals surface area contributed by atoms with Crippen LogP contribution in [0.25, 0.3) is 0 Å². The summed E-state index contributed by atoms with van der Waals surface area (Å²) in [4.78, 5) is 11.7. The Morgan fingerprint density at radius 3 is 2.05 bits per heavy atom. The molecule has 116 valence electrons. The van der Waals surface area contributed by atoms with E-state index < -0.39 is 10.0 Å². The highest BCUT2D eigenvalue weighted by atomic mass is 32.2. The predicted octanol–water partition coefficient (Wildman–Crippen LogP) is 2.18. The number of amides is 1. The zero-order chi connectivity index (χ0) is 16.3. The first-order valence-corrected chi connectivity index (χ1v) is 8.18. The zero-order valence-electron chi connectivity index (χ0n) is 12.7. The fourth-order valence-electron chi connectivity index (χ4n) is 1.97. The van der Waals surface area contributed by atoms with Gasteiger partial charge in [0, 0.05) is 19.7 Å². The lowest BCUT2D eigenvalue weighted by molar-refractivity contribution is 0.0963. The molecule has 2 rings (SSSR count). The lowest BCUT2D eigenvalue weighted by Gasteiger charge is -2.19. The molecule has 2 aromatic rings. The highest BCUT2D eigenvalue weighted by Crippen LogP contribution is 2.22. The summed E-state index contributed by atoms with van der Waals surface area (Å²) < 4.78 is 26.3. The number of anilines is 1. The Labute approximate surface area is 130 Å². The van der Waals surface area contributed by atoms with E-state index >= 15 is 0 Å². The molecule has 0 bridgehead atoms. The third-order valence-electron chi connectivity index (χ3n) is 3.40. The summed E-state index contributed by atoms with van der Waals surface area (Å²) in [6, 6.07) is 13.1. The number of carbonyl (C=O) groups excluding carboxylic acids is 1. The summed E-state index contributed by atoms with van der Waals surface area (Å²) in [6.07, 6.45) is 0. The van der Waals surface area contributed by atoms with Gasteiger partial charge in [0.25, 0.3) is 15.9 Å². The SMILES string of the molecule is CNC(=O)c1ccc(N(C)S(=O)(=O)c2ccc(C)cc2)cc1. The van der Waals surface area contributed by atoms with E-state index in [2.05, 4.69) is 5.32 Å². The van der Waals surface area contributed by atoms with Gasteiger partial charge in [-0.05, 0) is 43.3 Å². The van der Waals surface area contributed by atoms with Gasteiger partial charge >= 0.3 is 0 Å².